The summed E-state index contributed by atoms with van der Waals surface area (Å²) in [4.78, 5) is 26.1. The Kier molecular flexibility index (Phi) is 7.83. The number of methoxy groups -OCH3 is 1. The predicted octanol–water partition coefficient (Wildman–Crippen LogP) is 5.65. The van der Waals surface area contributed by atoms with E-state index in [1.54, 1.807) is 19.2 Å². The minimum absolute atomic E-state index is 0.0345. The van der Waals surface area contributed by atoms with E-state index < -0.39 is 0 Å². The summed E-state index contributed by atoms with van der Waals surface area (Å²) in [7, 11) is 1.58. The Hall–Kier alpha value is -4.66. The molecule has 37 heavy (non-hydrogen) atoms. The maximum absolute atomic E-state index is 12.6. The van der Waals surface area contributed by atoms with Crippen LogP contribution in [0.3, 0.4) is 0 Å². The molecule has 0 aliphatic heterocycles. The molecule has 0 aliphatic rings. The molecule has 0 bridgehead atoms. The van der Waals surface area contributed by atoms with Crippen LogP contribution in [0.2, 0.25) is 0 Å². The maximum atomic E-state index is 12.6. The molecule has 1 heterocycles. The van der Waals surface area contributed by atoms with Crippen molar-refractivity contribution in [1.82, 2.24) is 15.0 Å². The minimum atomic E-state index is -0.249. The van der Waals surface area contributed by atoms with Crippen LogP contribution in [-0.4, -0.2) is 34.5 Å². The average Bonchev–Trinajstić information content (AvgIpc) is 2.81. The normalized spacial score (nSPS) is 10.5. The fraction of sp³-hybridized carbons (Fsp3) is 0.214. The Morgan fingerprint density at radius 3 is 1.73 bits per heavy atom. The maximum Gasteiger partial charge on any atom is 0.243 e. The molecule has 190 valence electrons. The SMILES string of the molecule is COc1cccc(NC(=O)CNc2nc(Nc3cc(C)cc(C)c3)nc(Nc3cc(C)cc(C)c3)n2)c1. The van der Waals surface area contributed by atoms with Crippen LogP contribution in [0.15, 0.2) is 60.7 Å². The second-order valence-corrected chi connectivity index (χ2v) is 8.94. The van der Waals surface area contributed by atoms with E-state index in [1.165, 1.54) is 0 Å². The molecule has 4 rings (SSSR count). The first kappa shape index (κ1) is 25.4. The Balaban J connectivity index is 1.55. The summed E-state index contributed by atoms with van der Waals surface area (Å²) in [5, 5.41) is 12.4. The van der Waals surface area contributed by atoms with Gasteiger partial charge < -0.3 is 26.0 Å². The van der Waals surface area contributed by atoms with Crippen molar-refractivity contribution in [1.29, 1.82) is 0 Å². The quantitative estimate of drug-likeness (QED) is 0.235. The zero-order valence-corrected chi connectivity index (χ0v) is 21.6. The molecule has 0 atom stereocenters. The lowest BCUT2D eigenvalue weighted by molar-refractivity contribution is -0.114. The third-order valence-corrected chi connectivity index (χ3v) is 5.35. The Bertz CT molecular complexity index is 1310. The molecule has 1 aromatic heterocycles. The largest absolute Gasteiger partial charge is 0.497 e. The van der Waals surface area contributed by atoms with Crippen molar-refractivity contribution >= 4 is 40.8 Å². The van der Waals surface area contributed by atoms with Gasteiger partial charge in [-0.1, -0.05) is 18.2 Å². The van der Waals surface area contributed by atoms with Gasteiger partial charge in [-0.05, 0) is 86.3 Å². The number of aryl methyl sites for hydroxylation is 4. The number of aromatic nitrogens is 3. The van der Waals surface area contributed by atoms with Crippen LogP contribution in [0.25, 0.3) is 0 Å². The van der Waals surface area contributed by atoms with Gasteiger partial charge in [-0.3, -0.25) is 4.79 Å². The molecular weight excluding hydrogens is 466 g/mol. The highest BCUT2D eigenvalue weighted by Gasteiger charge is 2.11. The number of nitrogens with one attached hydrogen (secondary N) is 4. The second-order valence-electron chi connectivity index (χ2n) is 8.94. The summed E-state index contributed by atoms with van der Waals surface area (Å²) in [5.74, 6) is 1.37. The Morgan fingerprint density at radius 1 is 0.703 bits per heavy atom. The summed E-state index contributed by atoms with van der Waals surface area (Å²) >= 11 is 0. The molecule has 4 aromatic rings. The number of amides is 1. The van der Waals surface area contributed by atoms with Gasteiger partial charge in [-0.2, -0.15) is 15.0 Å². The molecule has 0 saturated heterocycles. The molecule has 4 N–H and O–H groups in total. The number of rotatable bonds is 9. The lowest BCUT2D eigenvalue weighted by Crippen LogP contribution is -2.23. The number of nitrogens with zero attached hydrogens (tertiary/aromatic N) is 3. The van der Waals surface area contributed by atoms with Crippen LogP contribution in [0, 0.1) is 27.7 Å². The molecule has 0 fully saturated rings. The Morgan fingerprint density at radius 2 is 1.22 bits per heavy atom. The third kappa shape index (κ3) is 7.41. The summed E-state index contributed by atoms with van der Waals surface area (Å²) in [5.41, 5.74) is 6.85. The van der Waals surface area contributed by atoms with Gasteiger partial charge >= 0.3 is 0 Å². The van der Waals surface area contributed by atoms with Gasteiger partial charge in [0.2, 0.25) is 23.8 Å². The monoisotopic (exact) mass is 497 g/mol. The number of hydrogen-bond acceptors (Lipinski definition) is 8. The van der Waals surface area contributed by atoms with Crippen molar-refractivity contribution < 1.29 is 9.53 Å². The van der Waals surface area contributed by atoms with E-state index in [-0.39, 0.29) is 18.4 Å². The lowest BCUT2D eigenvalue weighted by atomic mass is 10.1. The van der Waals surface area contributed by atoms with Crippen LogP contribution >= 0.6 is 0 Å². The van der Waals surface area contributed by atoms with Gasteiger partial charge in [0, 0.05) is 23.1 Å². The summed E-state index contributed by atoms with van der Waals surface area (Å²) in [6.45, 7) is 8.10. The number of carbonyl (C=O) groups excluding carboxylic acids is 1. The van der Waals surface area contributed by atoms with E-state index in [0.717, 1.165) is 33.6 Å². The second kappa shape index (κ2) is 11.4. The standard InChI is InChI=1S/C28H31N7O2/c1-17-9-18(2)12-22(11-17)31-27-33-26(29-16-25(36)30-21-7-6-8-24(15-21)37-5)34-28(35-27)32-23-13-19(3)10-20(4)14-23/h6-15H,16H2,1-5H3,(H,30,36)(H3,29,31,32,33,34,35). The van der Waals surface area contributed by atoms with Gasteiger partial charge in [0.05, 0.1) is 13.7 Å². The number of ether oxygens (including phenoxy) is 1. The van der Waals surface area contributed by atoms with E-state index in [9.17, 15) is 4.79 Å². The van der Waals surface area contributed by atoms with E-state index in [0.29, 0.717) is 23.3 Å². The van der Waals surface area contributed by atoms with Crippen LogP contribution in [0.4, 0.5) is 34.9 Å². The predicted molar refractivity (Wildman–Crippen MR) is 148 cm³/mol. The first-order chi connectivity index (χ1) is 17.7. The van der Waals surface area contributed by atoms with Crippen molar-refractivity contribution in [2.45, 2.75) is 27.7 Å². The van der Waals surface area contributed by atoms with Crippen molar-refractivity contribution in [3.63, 3.8) is 0 Å². The molecule has 0 saturated carbocycles. The molecule has 3 aromatic carbocycles. The summed E-state index contributed by atoms with van der Waals surface area (Å²) < 4.78 is 5.21. The fourth-order valence-corrected chi connectivity index (χ4v) is 3.98. The first-order valence-electron chi connectivity index (χ1n) is 11.9. The number of benzene rings is 3. The number of anilines is 6. The van der Waals surface area contributed by atoms with Gasteiger partial charge in [0.25, 0.3) is 0 Å². The molecule has 0 spiro atoms. The average molecular weight is 498 g/mol. The minimum Gasteiger partial charge on any atom is -0.497 e. The van der Waals surface area contributed by atoms with E-state index in [2.05, 4.69) is 48.4 Å². The van der Waals surface area contributed by atoms with Crippen LogP contribution in [0.5, 0.6) is 5.75 Å². The smallest absolute Gasteiger partial charge is 0.243 e. The van der Waals surface area contributed by atoms with Gasteiger partial charge in [-0.15, -0.1) is 0 Å². The zero-order valence-electron chi connectivity index (χ0n) is 21.6. The number of hydrogen-bond donors (Lipinski definition) is 4. The van der Waals surface area contributed by atoms with E-state index >= 15 is 0 Å². The van der Waals surface area contributed by atoms with Crippen LogP contribution in [-0.2, 0) is 4.79 Å². The van der Waals surface area contributed by atoms with E-state index in [1.807, 2.05) is 64.1 Å². The molecular formula is C28H31N7O2. The van der Waals surface area contributed by atoms with Crippen molar-refractivity contribution in [3.8, 4) is 5.75 Å². The lowest BCUT2D eigenvalue weighted by Gasteiger charge is -2.13. The highest BCUT2D eigenvalue weighted by Crippen LogP contribution is 2.22. The molecule has 0 aliphatic carbocycles. The molecule has 1 amide bonds. The van der Waals surface area contributed by atoms with Crippen molar-refractivity contribution in [2.75, 3.05) is 34.9 Å². The fourth-order valence-electron chi connectivity index (χ4n) is 3.98. The highest BCUT2D eigenvalue weighted by atomic mass is 16.5. The molecule has 9 nitrogen and oxygen atoms in total. The van der Waals surface area contributed by atoms with Crippen molar-refractivity contribution in [2.24, 2.45) is 0 Å². The van der Waals surface area contributed by atoms with Crippen LogP contribution < -0.4 is 26.0 Å². The number of carbonyl (C=O) groups is 1. The van der Waals surface area contributed by atoms with Gasteiger partial charge in [-0.25, -0.2) is 0 Å². The molecule has 0 unspecified atom stereocenters. The van der Waals surface area contributed by atoms with Gasteiger partial charge in [0.1, 0.15) is 5.75 Å². The molecule has 0 radical (unpaired) electrons. The summed E-state index contributed by atoms with van der Waals surface area (Å²) in [6, 6.07) is 19.4. The zero-order chi connectivity index (χ0) is 26.4. The topological polar surface area (TPSA) is 113 Å². The third-order valence-electron chi connectivity index (χ3n) is 5.35. The van der Waals surface area contributed by atoms with Gasteiger partial charge in [0.15, 0.2) is 0 Å². The first-order valence-corrected chi connectivity index (χ1v) is 11.9. The van der Waals surface area contributed by atoms with Crippen molar-refractivity contribution in [3.05, 3.63) is 82.9 Å². The molecule has 9 heteroatoms. The van der Waals surface area contributed by atoms with Crippen LogP contribution in [0.1, 0.15) is 22.3 Å². The van der Waals surface area contributed by atoms with E-state index in [4.69, 9.17) is 4.74 Å². The summed E-state index contributed by atoms with van der Waals surface area (Å²) in [6.07, 6.45) is 0. The Labute approximate surface area is 216 Å². The highest BCUT2D eigenvalue weighted by molar-refractivity contribution is 5.93.